The number of benzene rings is 3. The van der Waals surface area contributed by atoms with Gasteiger partial charge in [-0.25, -0.2) is 0 Å². The van der Waals surface area contributed by atoms with E-state index < -0.39 is 26.4 Å². The third kappa shape index (κ3) is 3.77. The summed E-state index contributed by atoms with van der Waals surface area (Å²) >= 11 is 24.1. The summed E-state index contributed by atoms with van der Waals surface area (Å²) in [4.78, 5) is 0. The van der Waals surface area contributed by atoms with Crippen molar-refractivity contribution in [1.29, 1.82) is 0 Å². The third-order valence-corrected chi connectivity index (χ3v) is 7.02. The predicted octanol–water partition coefficient (Wildman–Crippen LogP) is 5.89. The van der Waals surface area contributed by atoms with E-state index in [9.17, 15) is 23.2 Å². The lowest BCUT2D eigenvalue weighted by atomic mass is 9.83. The highest BCUT2D eigenvalue weighted by Crippen LogP contribution is 2.51. The number of halogens is 4. The molecule has 0 bridgehead atoms. The zero-order chi connectivity index (χ0) is 21.6. The Bertz CT molecular complexity index is 1210. The largest absolute Gasteiger partial charge is 0.508 e. The molecule has 3 rings (SSSR count). The Hall–Kier alpha value is -1.67. The number of hydrogen-bond acceptors (Lipinski definition) is 4. The van der Waals surface area contributed by atoms with E-state index >= 15 is 0 Å². The zero-order valence-corrected chi connectivity index (χ0v) is 18.1. The quantitative estimate of drug-likeness (QED) is 0.311. The Kier molecular flexibility index (Phi) is 5.98. The van der Waals surface area contributed by atoms with Crippen molar-refractivity contribution < 1.29 is 23.2 Å². The highest BCUT2D eigenvalue weighted by atomic mass is 35.5. The number of hydrogen-bond donors (Lipinski definition) is 3. The molecule has 0 fully saturated rings. The minimum atomic E-state index is -5.13. The molecule has 0 aliphatic rings. The summed E-state index contributed by atoms with van der Waals surface area (Å²) in [7, 11) is -5.13. The first-order valence-corrected chi connectivity index (χ1v) is 10.8. The van der Waals surface area contributed by atoms with Crippen LogP contribution in [0.15, 0.2) is 54.6 Å². The Morgan fingerprint density at radius 2 is 1.31 bits per heavy atom. The molecule has 0 heterocycles. The van der Waals surface area contributed by atoms with Gasteiger partial charge in [0.15, 0.2) is 4.75 Å². The lowest BCUT2D eigenvalue weighted by molar-refractivity contribution is 0.428. The molecule has 0 aliphatic carbocycles. The van der Waals surface area contributed by atoms with Gasteiger partial charge < -0.3 is 10.2 Å². The Morgan fingerprint density at radius 1 is 0.724 bits per heavy atom. The van der Waals surface area contributed by atoms with E-state index in [4.69, 9.17) is 46.4 Å². The van der Waals surface area contributed by atoms with Gasteiger partial charge in [0.2, 0.25) is 0 Å². The SMILES string of the molecule is O=S(=O)(O)C(c1cccc(Cl)c1)(c1cc(Cl)ccc1O)c1cc(Cl)c(Cl)cc1O. The van der Waals surface area contributed by atoms with E-state index in [0.29, 0.717) is 0 Å². The molecule has 10 heteroatoms. The van der Waals surface area contributed by atoms with E-state index in [2.05, 4.69) is 0 Å². The van der Waals surface area contributed by atoms with Crippen molar-refractivity contribution in [2.45, 2.75) is 4.75 Å². The average Bonchev–Trinajstić information content (AvgIpc) is 2.61. The van der Waals surface area contributed by atoms with Crippen LogP contribution >= 0.6 is 46.4 Å². The first-order valence-electron chi connectivity index (χ1n) is 7.89. The van der Waals surface area contributed by atoms with Crippen molar-refractivity contribution in [3.8, 4) is 11.5 Å². The summed E-state index contributed by atoms with van der Waals surface area (Å²) in [5, 5.41) is 21.2. The minimum Gasteiger partial charge on any atom is -0.508 e. The molecule has 3 N–H and O–H groups in total. The van der Waals surface area contributed by atoms with Gasteiger partial charge in [-0.05, 0) is 42.0 Å². The Morgan fingerprint density at radius 3 is 1.93 bits per heavy atom. The van der Waals surface area contributed by atoms with Gasteiger partial charge in [-0.2, -0.15) is 8.42 Å². The fourth-order valence-electron chi connectivity index (χ4n) is 3.20. The van der Waals surface area contributed by atoms with Gasteiger partial charge >= 0.3 is 0 Å². The first-order chi connectivity index (χ1) is 13.5. The number of rotatable bonds is 4. The zero-order valence-electron chi connectivity index (χ0n) is 14.3. The molecule has 0 amide bonds. The lowest BCUT2D eigenvalue weighted by Crippen LogP contribution is -2.38. The van der Waals surface area contributed by atoms with Crippen molar-refractivity contribution >= 4 is 56.5 Å². The Labute approximate surface area is 186 Å². The molecule has 3 aromatic carbocycles. The summed E-state index contributed by atoms with van der Waals surface area (Å²) in [6.45, 7) is 0. The van der Waals surface area contributed by atoms with Crippen LogP contribution in [-0.2, 0) is 14.9 Å². The van der Waals surface area contributed by atoms with Gasteiger partial charge in [-0.3, -0.25) is 4.55 Å². The van der Waals surface area contributed by atoms with Crippen LogP contribution in [0.2, 0.25) is 20.1 Å². The minimum absolute atomic E-state index is 0.0430. The molecule has 5 nitrogen and oxygen atoms in total. The van der Waals surface area contributed by atoms with Gasteiger partial charge in [0.25, 0.3) is 10.1 Å². The van der Waals surface area contributed by atoms with Crippen LogP contribution in [0, 0.1) is 0 Å². The summed E-state index contributed by atoms with van der Waals surface area (Å²) < 4.78 is 33.8. The predicted molar refractivity (Wildman–Crippen MR) is 114 cm³/mol. The van der Waals surface area contributed by atoms with Crippen LogP contribution in [0.1, 0.15) is 16.7 Å². The highest BCUT2D eigenvalue weighted by molar-refractivity contribution is 7.87. The molecule has 0 aromatic heterocycles. The fraction of sp³-hybridized carbons (Fsp3) is 0.0526. The number of phenolic OH excluding ortho intramolecular Hbond substituents is 2. The van der Waals surface area contributed by atoms with Crippen molar-refractivity contribution in [2.75, 3.05) is 0 Å². The molecule has 0 radical (unpaired) electrons. The van der Waals surface area contributed by atoms with Gasteiger partial charge in [0, 0.05) is 27.2 Å². The van der Waals surface area contributed by atoms with E-state index in [1.807, 2.05) is 0 Å². The van der Waals surface area contributed by atoms with Crippen LogP contribution in [0.3, 0.4) is 0 Å². The third-order valence-electron chi connectivity index (χ3n) is 4.37. The average molecular weight is 494 g/mol. The standard InChI is InChI=1S/C19H12Cl4O5S/c20-11-3-1-2-10(6-11)19(29(26,27)28,13-7-12(21)4-5-17(13)24)14-8-15(22)16(23)9-18(14)25/h1-9,24-25H,(H,26,27,28). The summed E-state index contributed by atoms with van der Waals surface area (Å²) in [5.74, 6) is -1.09. The topological polar surface area (TPSA) is 94.8 Å². The molecule has 1 atom stereocenters. The molecular formula is C19H12Cl4O5S. The lowest BCUT2D eigenvalue weighted by Gasteiger charge is -2.33. The molecule has 0 saturated heterocycles. The summed E-state index contributed by atoms with van der Waals surface area (Å²) in [6, 6.07) is 11.4. The second-order valence-corrected chi connectivity index (χ2v) is 9.36. The molecule has 29 heavy (non-hydrogen) atoms. The van der Waals surface area contributed by atoms with E-state index in [1.54, 1.807) is 0 Å². The Balaban J connectivity index is 2.63. The monoisotopic (exact) mass is 492 g/mol. The molecule has 152 valence electrons. The molecule has 0 aliphatic heterocycles. The molecule has 0 saturated carbocycles. The molecular weight excluding hydrogens is 482 g/mol. The van der Waals surface area contributed by atoms with Crippen molar-refractivity contribution in [3.05, 3.63) is 91.4 Å². The van der Waals surface area contributed by atoms with Crippen molar-refractivity contribution in [1.82, 2.24) is 0 Å². The second-order valence-electron chi connectivity index (χ2n) is 6.11. The van der Waals surface area contributed by atoms with Crippen LogP contribution in [0.4, 0.5) is 0 Å². The van der Waals surface area contributed by atoms with Crippen LogP contribution in [-0.4, -0.2) is 23.2 Å². The van der Waals surface area contributed by atoms with E-state index in [-0.39, 0.29) is 36.8 Å². The van der Waals surface area contributed by atoms with Crippen molar-refractivity contribution in [2.24, 2.45) is 0 Å². The van der Waals surface area contributed by atoms with Gasteiger partial charge in [0.1, 0.15) is 11.5 Å². The van der Waals surface area contributed by atoms with E-state index in [0.717, 1.165) is 24.3 Å². The smallest absolute Gasteiger partial charge is 0.283 e. The second kappa shape index (κ2) is 7.87. The highest BCUT2D eigenvalue weighted by Gasteiger charge is 2.52. The van der Waals surface area contributed by atoms with Crippen LogP contribution in [0.25, 0.3) is 0 Å². The molecule has 3 aromatic rings. The maximum Gasteiger partial charge on any atom is 0.283 e. The van der Waals surface area contributed by atoms with Gasteiger partial charge in [-0.15, -0.1) is 0 Å². The van der Waals surface area contributed by atoms with Gasteiger partial charge in [0.05, 0.1) is 10.0 Å². The van der Waals surface area contributed by atoms with Crippen LogP contribution in [0.5, 0.6) is 11.5 Å². The molecule has 0 spiro atoms. The molecule has 1 unspecified atom stereocenters. The summed E-state index contributed by atoms with van der Waals surface area (Å²) in [5.41, 5.74) is -0.739. The number of aromatic hydroxyl groups is 2. The normalized spacial score (nSPS) is 13.8. The summed E-state index contributed by atoms with van der Waals surface area (Å²) in [6.07, 6.45) is 0. The van der Waals surface area contributed by atoms with E-state index in [1.165, 1.54) is 30.3 Å². The van der Waals surface area contributed by atoms with Gasteiger partial charge in [-0.1, -0.05) is 58.5 Å². The van der Waals surface area contributed by atoms with Crippen LogP contribution < -0.4 is 0 Å². The van der Waals surface area contributed by atoms with Crippen molar-refractivity contribution in [3.63, 3.8) is 0 Å². The first kappa shape index (κ1) is 22.0. The maximum absolute atomic E-state index is 12.9. The maximum atomic E-state index is 12.9. The number of phenols is 2. The fourth-order valence-corrected chi connectivity index (χ4v) is 5.19.